The Morgan fingerprint density at radius 1 is 1.22 bits per heavy atom. The van der Waals surface area contributed by atoms with Gasteiger partial charge in [0.05, 0.1) is 5.38 Å². The summed E-state index contributed by atoms with van der Waals surface area (Å²) in [4.78, 5) is 22.6. The van der Waals surface area contributed by atoms with E-state index in [4.69, 9.17) is 21.1 Å². The minimum atomic E-state index is -0.471. The molecule has 0 heterocycles. The third kappa shape index (κ3) is 4.45. The van der Waals surface area contributed by atoms with Crippen molar-refractivity contribution in [3.63, 3.8) is 0 Å². The first-order chi connectivity index (χ1) is 10.9. The molecule has 1 N–H and O–H groups in total. The number of esters is 2. The summed E-state index contributed by atoms with van der Waals surface area (Å²) in [5.41, 5.74) is 1.94. The van der Waals surface area contributed by atoms with E-state index < -0.39 is 11.9 Å². The summed E-state index contributed by atoms with van der Waals surface area (Å²) < 4.78 is 10.3. The lowest BCUT2D eigenvalue weighted by Gasteiger charge is -2.31. The van der Waals surface area contributed by atoms with Gasteiger partial charge in [-0.3, -0.25) is 9.59 Å². The van der Waals surface area contributed by atoms with E-state index in [1.165, 1.54) is 13.8 Å². The van der Waals surface area contributed by atoms with E-state index in [2.05, 4.69) is 12.2 Å². The van der Waals surface area contributed by atoms with E-state index in [1.54, 1.807) is 12.1 Å². The molecule has 0 aliphatic heterocycles. The summed E-state index contributed by atoms with van der Waals surface area (Å²) in [6.45, 7) is 5.63. The van der Waals surface area contributed by atoms with Gasteiger partial charge in [-0.05, 0) is 49.1 Å². The fourth-order valence-electron chi connectivity index (χ4n) is 2.77. The van der Waals surface area contributed by atoms with Gasteiger partial charge in [0.15, 0.2) is 11.5 Å². The monoisotopic (exact) mass is 339 g/mol. The standard InChI is InChI=1S/C17H22ClNO4/c1-4-7-19-14-6-5-12-8-15(22-10(2)20)16(23-11(3)21)9-13(12)17(14)18/h8-9,14,17,19H,4-7H2,1-3H3. The van der Waals surface area contributed by atoms with Gasteiger partial charge in [0.2, 0.25) is 0 Å². The number of aryl methyl sites for hydroxylation is 1. The van der Waals surface area contributed by atoms with E-state index in [0.717, 1.165) is 36.9 Å². The Kier molecular flexibility index (Phi) is 6.02. The van der Waals surface area contributed by atoms with Gasteiger partial charge in [0.1, 0.15) is 0 Å². The first kappa shape index (κ1) is 17.8. The lowest BCUT2D eigenvalue weighted by molar-refractivity contribution is -0.134. The van der Waals surface area contributed by atoms with E-state index in [-0.39, 0.29) is 22.9 Å². The zero-order valence-corrected chi connectivity index (χ0v) is 14.4. The summed E-state index contributed by atoms with van der Waals surface area (Å²) in [7, 11) is 0. The molecule has 1 aliphatic rings. The zero-order chi connectivity index (χ0) is 17.0. The third-order valence-electron chi connectivity index (χ3n) is 3.74. The fourth-order valence-corrected chi connectivity index (χ4v) is 3.19. The number of benzene rings is 1. The third-order valence-corrected chi connectivity index (χ3v) is 4.28. The predicted molar refractivity (Wildman–Crippen MR) is 88.1 cm³/mol. The maximum Gasteiger partial charge on any atom is 0.308 e. The first-order valence-electron chi connectivity index (χ1n) is 7.83. The molecule has 126 valence electrons. The second-order valence-electron chi connectivity index (χ2n) is 5.69. The topological polar surface area (TPSA) is 64.6 Å². The quantitative estimate of drug-likeness (QED) is 0.507. The van der Waals surface area contributed by atoms with Crippen molar-refractivity contribution >= 4 is 23.5 Å². The first-order valence-corrected chi connectivity index (χ1v) is 8.27. The average molecular weight is 340 g/mol. The van der Waals surface area contributed by atoms with Crippen molar-refractivity contribution in [2.75, 3.05) is 6.54 Å². The van der Waals surface area contributed by atoms with Crippen LogP contribution in [0.15, 0.2) is 12.1 Å². The molecular formula is C17H22ClNO4. The Bertz CT molecular complexity index is 603. The summed E-state index contributed by atoms with van der Waals surface area (Å²) in [5.74, 6) is -0.441. The molecule has 2 unspecified atom stereocenters. The van der Waals surface area contributed by atoms with Crippen molar-refractivity contribution in [2.45, 2.75) is 51.5 Å². The number of fused-ring (bicyclic) bond motifs is 1. The Hall–Kier alpha value is -1.59. The van der Waals surface area contributed by atoms with Crippen LogP contribution in [0.25, 0.3) is 0 Å². The Morgan fingerprint density at radius 2 is 1.83 bits per heavy atom. The number of nitrogens with one attached hydrogen (secondary N) is 1. The number of alkyl halides is 1. The van der Waals surface area contributed by atoms with Gasteiger partial charge >= 0.3 is 11.9 Å². The normalized spacial score (nSPS) is 19.8. The zero-order valence-electron chi connectivity index (χ0n) is 13.6. The number of halogens is 1. The van der Waals surface area contributed by atoms with Crippen molar-refractivity contribution in [3.05, 3.63) is 23.3 Å². The van der Waals surface area contributed by atoms with Crippen LogP contribution in [-0.4, -0.2) is 24.5 Å². The molecule has 1 aromatic carbocycles. The second kappa shape index (κ2) is 7.79. The van der Waals surface area contributed by atoms with E-state index in [1.807, 2.05) is 0 Å². The SMILES string of the molecule is CCCNC1CCc2cc(OC(C)=O)c(OC(C)=O)cc2C1Cl. The van der Waals surface area contributed by atoms with Crippen LogP contribution < -0.4 is 14.8 Å². The maximum atomic E-state index is 11.3. The van der Waals surface area contributed by atoms with Crippen molar-refractivity contribution in [3.8, 4) is 11.5 Å². The van der Waals surface area contributed by atoms with Crippen LogP contribution in [0.1, 0.15) is 50.1 Å². The highest BCUT2D eigenvalue weighted by Crippen LogP contribution is 2.41. The van der Waals surface area contributed by atoms with Crippen LogP contribution in [0.4, 0.5) is 0 Å². The largest absolute Gasteiger partial charge is 0.423 e. The Labute approximate surface area is 141 Å². The lowest BCUT2D eigenvalue weighted by Crippen LogP contribution is -2.36. The summed E-state index contributed by atoms with van der Waals surface area (Å²) in [6, 6.07) is 3.64. The molecule has 0 saturated carbocycles. The number of carbonyl (C=O) groups is 2. The van der Waals surface area contributed by atoms with Gasteiger partial charge in [-0.15, -0.1) is 11.6 Å². The van der Waals surface area contributed by atoms with Gasteiger partial charge in [-0.25, -0.2) is 0 Å². The van der Waals surface area contributed by atoms with Gasteiger partial charge in [-0.2, -0.15) is 0 Å². The molecule has 0 amide bonds. The maximum absolute atomic E-state index is 11.3. The van der Waals surface area contributed by atoms with Crippen LogP contribution in [-0.2, 0) is 16.0 Å². The molecule has 23 heavy (non-hydrogen) atoms. The van der Waals surface area contributed by atoms with Gasteiger partial charge in [-0.1, -0.05) is 6.92 Å². The van der Waals surface area contributed by atoms with Crippen LogP contribution in [0.2, 0.25) is 0 Å². The molecule has 0 bridgehead atoms. The number of carbonyl (C=O) groups excluding carboxylic acids is 2. The smallest absolute Gasteiger partial charge is 0.308 e. The fraction of sp³-hybridized carbons (Fsp3) is 0.529. The number of hydrogen-bond acceptors (Lipinski definition) is 5. The van der Waals surface area contributed by atoms with Crippen LogP contribution in [0.5, 0.6) is 11.5 Å². The molecule has 6 heteroatoms. The number of ether oxygens (including phenoxy) is 2. The molecular weight excluding hydrogens is 318 g/mol. The van der Waals surface area contributed by atoms with Crippen LogP contribution in [0.3, 0.4) is 0 Å². The lowest BCUT2D eigenvalue weighted by atomic mass is 9.87. The molecule has 5 nitrogen and oxygen atoms in total. The van der Waals surface area contributed by atoms with Crippen LogP contribution >= 0.6 is 11.6 Å². The molecule has 0 fully saturated rings. The molecule has 1 aliphatic carbocycles. The molecule has 2 atom stereocenters. The van der Waals surface area contributed by atoms with Gasteiger partial charge in [0, 0.05) is 19.9 Å². The van der Waals surface area contributed by atoms with Crippen molar-refractivity contribution in [1.29, 1.82) is 0 Å². The Balaban J connectivity index is 2.35. The highest BCUT2D eigenvalue weighted by molar-refractivity contribution is 6.21. The molecule has 0 saturated heterocycles. The van der Waals surface area contributed by atoms with Crippen molar-refractivity contribution in [2.24, 2.45) is 0 Å². The highest BCUT2D eigenvalue weighted by atomic mass is 35.5. The molecule has 0 spiro atoms. The highest BCUT2D eigenvalue weighted by Gasteiger charge is 2.29. The van der Waals surface area contributed by atoms with Crippen molar-refractivity contribution in [1.82, 2.24) is 5.32 Å². The van der Waals surface area contributed by atoms with E-state index in [0.29, 0.717) is 0 Å². The second-order valence-corrected chi connectivity index (χ2v) is 6.16. The van der Waals surface area contributed by atoms with Gasteiger partial charge in [0.25, 0.3) is 0 Å². The Morgan fingerprint density at radius 3 is 2.39 bits per heavy atom. The minimum absolute atomic E-state index is 0.175. The summed E-state index contributed by atoms with van der Waals surface area (Å²) in [5, 5.41) is 3.23. The van der Waals surface area contributed by atoms with Gasteiger partial charge < -0.3 is 14.8 Å². The van der Waals surface area contributed by atoms with Crippen molar-refractivity contribution < 1.29 is 19.1 Å². The molecule has 1 aromatic rings. The molecule has 0 aromatic heterocycles. The van der Waals surface area contributed by atoms with Crippen LogP contribution in [0, 0.1) is 0 Å². The number of hydrogen-bond donors (Lipinski definition) is 1. The molecule has 2 rings (SSSR count). The van der Waals surface area contributed by atoms with E-state index >= 15 is 0 Å². The number of rotatable bonds is 5. The summed E-state index contributed by atoms with van der Waals surface area (Å²) >= 11 is 6.60. The predicted octanol–water partition coefficient (Wildman–Crippen LogP) is 3.13. The van der Waals surface area contributed by atoms with E-state index in [9.17, 15) is 9.59 Å². The average Bonchev–Trinajstić information content (AvgIpc) is 2.47. The summed E-state index contributed by atoms with van der Waals surface area (Å²) in [6.07, 6.45) is 2.78. The minimum Gasteiger partial charge on any atom is -0.423 e. The molecule has 0 radical (unpaired) electrons.